The lowest BCUT2D eigenvalue weighted by Crippen LogP contribution is -2.47. The molecule has 1 N–H and O–H groups in total. The van der Waals surface area contributed by atoms with Gasteiger partial charge in [0.1, 0.15) is 10.6 Å². The lowest BCUT2D eigenvalue weighted by atomic mass is 10.1. The van der Waals surface area contributed by atoms with Crippen LogP contribution < -0.4 is 10.1 Å². The number of carbonyl (C=O) groups excluding carboxylic acids is 2. The lowest BCUT2D eigenvalue weighted by molar-refractivity contribution is 0.0664. The van der Waals surface area contributed by atoms with Crippen LogP contribution in [0.15, 0.2) is 60.7 Å². The molecular formula is C25H27N3O3S. The molecule has 1 saturated heterocycles. The Morgan fingerprint density at radius 2 is 1.69 bits per heavy atom. The lowest BCUT2D eigenvalue weighted by Gasteiger charge is -2.32. The standard InChI is InChI=1S/C25H27N3O3S/c1-27-12-14-28(15-13-27)25(30)20-10-8-18(9-11-20)17-26-24(29)23-21(31-2)16-22(32-23)19-6-4-3-5-7-19/h3-11,16H,12-15,17H2,1-2H3,(H,26,29). The van der Waals surface area contributed by atoms with Crippen LogP contribution in [-0.4, -0.2) is 62.0 Å². The van der Waals surface area contributed by atoms with E-state index in [2.05, 4.69) is 17.3 Å². The molecule has 0 spiro atoms. The zero-order valence-corrected chi connectivity index (χ0v) is 19.2. The van der Waals surface area contributed by atoms with Crippen LogP contribution >= 0.6 is 11.3 Å². The Morgan fingerprint density at radius 3 is 2.34 bits per heavy atom. The highest BCUT2D eigenvalue weighted by atomic mass is 32.1. The Labute approximate surface area is 192 Å². The molecule has 32 heavy (non-hydrogen) atoms. The van der Waals surface area contributed by atoms with Crippen LogP contribution in [0.4, 0.5) is 0 Å². The van der Waals surface area contributed by atoms with Crippen molar-refractivity contribution in [2.24, 2.45) is 0 Å². The largest absolute Gasteiger partial charge is 0.495 e. The number of hydrogen-bond donors (Lipinski definition) is 1. The van der Waals surface area contributed by atoms with E-state index in [0.29, 0.717) is 22.7 Å². The number of nitrogens with zero attached hydrogens (tertiary/aromatic N) is 2. The number of ether oxygens (including phenoxy) is 1. The highest BCUT2D eigenvalue weighted by Gasteiger charge is 2.21. The Balaban J connectivity index is 1.38. The van der Waals surface area contributed by atoms with E-state index in [1.165, 1.54) is 11.3 Å². The summed E-state index contributed by atoms with van der Waals surface area (Å²) in [6.45, 7) is 3.67. The first-order chi connectivity index (χ1) is 15.5. The maximum absolute atomic E-state index is 12.8. The van der Waals surface area contributed by atoms with Crippen LogP contribution in [0.3, 0.4) is 0 Å². The first kappa shape index (κ1) is 22.0. The summed E-state index contributed by atoms with van der Waals surface area (Å²) in [5.41, 5.74) is 2.67. The molecule has 1 aliphatic heterocycles. The Bertz CT molecular complexity index is 1070. The fourth-order valence-corrected chi connectivity index (χ4v) is 4.70. The fraction of sp³-hybridized carbons (Fsp3) is 0.280. The molecule has 0 radical (unpaired) electrons. The SMILES string of the molecule is COc1cc(-c2ccccc2)sc1C(=O)NCc1ccc(C(=O)N2CCN(C)CC2)cc1. The summed E-state index contributed by atoms with van der Waals surface area (Å²) in [4.78, 5) is 31.1. The molecule has 0 bridgehead atoms. The van der Waals surface area contributed by atoms with Crippen molar-refractivity contribution in [3.05, 3.63) is 76.7 Å². The molecule has 6 nitrogen and oxygen atoms in total. The van der Waals surface area contributed by atoms with Gasteiger partial charge < -0.3 is 19.9 Å². The van der Waals surface area contributed by atoms with Crippen molar-refractivity contribution in [3.8, 4) is 16.2 Å². The van der Waals surface area contributed by atoms with Gasteiger partial charge in [-0.2, -0.15) is 0 Å². The molecule has 0 aliphatic carbocycles. The van der Waals surface area contributed by atoms with Gasteiger partial charge in [-0.05, 0) is 36.4 Å². The number of carbonyl (C=O) groups is 2. The molecule has 2 heterocycles. The predicted octanol–water partition coefficient (Wildman–Crippen LogP) is 3.74. The molecule has 3 aromatic rings. The van der Waals surface area contributed by atoms with Crippen molar-refractivity contribution in [1.29, 1.82) is 0 Å². The number of piperazine rings is 1. The number of rotatable bonds is 6. The maximum atomic E-state index is 12.8. The van der Waals surface area contributed by atoms with E-state index < -0.39 is 0 Å². The molecule has 1 aliphatic rings. The third-order valence-electron chi connectivity index (χ3n) is 5.63. The molecule has 7 heteroatoms. The van der Waals surface area contributed by atoms with Crippen LogP contribution in [0, 0.1) is 0 Å². The van der Waals surface area contributed by atoms with Gasteiger partial charge in [0.05, 0.1) is 7.11 Å². The summed E-state index contributed by atoms with van der Waals surface area (Å²) in [6, 6.07) is 19.3. The molecule has 2 aromatic carbocycles. The van der Waals surface area contributed by atoms with Crippen molar-refractivity contribution in [1.82, 2.24) is 15.1 Å². The predicted molar refractivity (Wildman–Crippen MR) is 127 cm³/mol. The molecule has 1 fully saturated rings. The molecule has 2 amide bonds. The van der Waals surface area contributed by atoms with Gasteiger partial charge in [0.15, 0.2) is 0 Å². The zero-order chi connectivity index (χ0) is 22.5. The number of benzene rings is 2. The Hall–Kier alpha value is -3.16. The summed E-state index contributed by atoms with van der Waals surface area (Å²) < 4.78 is 5.43. The van der Waals surface area contributed by atoms with Gasteiger partial charge in [-0.1, -0.05) is 42.5 Å². The normalized spacial score (nSPS) is 14.2. The third kappa shape index (κ3) is 5.00. The molecule has 0 saturated carbocycles. The Morgan fingerprint density at radius 1 is 1.00 bits per heavy atom. The second-order valence-corrected chi connectivity index (χ2v) is 8.90. The van der Waals surface area contributed by atoms with Crippen molar-refractivity contribution in [2.75, 3.05) is 40.3 Å². The van der Waals surface area contributed by atoms with Gasteiger partial charge in [-0.25, -0.2) is 0 Å². The monoisotopic (exact) mass is 449 g/mol. The topological polar surface area (TPSA) is 61.9 Å². The third-order valence-corrected chi connectivity index (χ3v) is 6.79. The summed E-state index contributed by atoms with van der Waals surface area (Å²) in [5, 5.41) is 2.96. The van der Waals surface area contributed by atoms with E-state index in [-0.39, 0.29) is 11.8 Å². The first-order valence-corrected chi connectivity index (χ1v) is 11.4. The average molecular weight is 450 g/mol. The van der Waals surface area contributed by atoms with E-state index in [0.717, 1.165) is 42.2 Å². The first-order valence-electron chi connectivity index (χ1n) is 10.6. The molecule has 0 atom stereocenters. The summed E-state index contributed by atoms with van der Waals surface area (Å²) in [7, 11) is 3.64. The minimum Gasteiger partial charge on any atom is -0.495 e. The van der Waals surface area contributed by atoms with Gasteiger partial charge >= 0.3 is 0 Å². The van der Waals surface area contributed by atoms with E-state index in [4.69, 9.17) is 4.74 Å². The summed E-state index contributed by atoms with van der Waals surface area (Å²) in [5.74, 6) is 0.455. The second-order valence-electron chi connectivity index (χ2n) is 7.85. The highest BCUT2D eigenvalue weighted by molar-refractivity contribution is 7.17. The molecular weight excluding hydrogens is 422 g/mol. The average Bonchev–Trinajstić information content (AvgIpc) is 3.28. The summed E-state index contributed by atoms with van der Waals surface area (Å²) in [6.07, 6.45) is 0. The number of nitrogens with one attached hydrogen (secondary N) is 1. The van der Waals surface area contributed by atoms with Gasteiger partial charge in [-0.15, -0.1) is 11.3 Å². The van der Waals surface area contributed by atoms with Crippen molar-refractivity contribution < 1.29 is 14.3 Å². The number of thiophene rings is 1. The van der Waals surface area contributed by atoms with E-state index in [9.17, 15) is 9.59 Å². The van der Waals surface area contributed by atoms with Crippen LogP contribution in [0.5, 0.6) is 5.75 Å². The minimum atomic E-state index is -0.174. The van der Waals surface area contributed by atoms with Crippen LogP contribution in [0.2, 0.25) is 0 Å². The van der Waals surface area contributed by atoms with Gasteiger partial charge in [0.2, 0.25) is 0 Å². The molecule has 166 valence electrons. The van der Waals surface area contributed by atoms with Crippen LogP contribution in [0.1, 0.15) is 25.6 Å². The van der Waals surface area contributed by atoms with Crippen molar-refractivity contribution in [2.45, 2.75) is 6.54 Å². The van der Waals surface area contributed by atoms with Gasteiger partial charge in [-0.3, -0.25) is 9.59 Å². The minimum absolute atomic E-state index is 0.0606. The van der Waals surface area contributed by atoms with E-state index in [1.807, 2.05) is 65.6 Å². The number of methoxy groups -OCH3 is 1. The van der Waals surface area contributed by atoms with E-state index in [1.54, 1.807) is 7.11 Å². The van der Waals surface area contributed by atoms with Crippen LogP contribution in [-0.2, 0) is 6.54 Å². The number of amides is 2. The quantitative estimate of drug-likeness (QED) is 0.623. The number of likely N-dealkylation sites (N-methyl/N-ethyl adjacent to an activating group) is 1. The fourth-order valence-electron chi connectivity index (χ4n) is 3.65. The van der Waals surface area contributed by atoms with Gasteiger partial charge in [0.25, 0.3) is 11.8 Å². The number of hydrogen-bond acceptors (Lipinski definition) is 5. The smallest absolute Gasteiger partial charge is 0.265 e. The molecule has 1 aromatic heterocycles. The van der Waals surface area contributed by atoms with E-state index >= 15 is 0 Å². The Kier molecular flexibility index (Phi) is 6.87. The second kappa shape index (κ2) is 9.97. The molecule has 4 rings (SSSR count). The zero-order valence-electron chi connectivity index (χ0n) is 18.3. The molecule has 0 unspecified atom stereocenters. The maximum Gasteiger partial charge on any atom is 0.265 e. The van der Waals surface area contributed by atoms with Crippen molar-refractivity contribution >= 4 is 23.2 Å². The van der Waals surface area contributed by atoms with Crippen LogP contribution in [0.25, 0.3) is 10.4 Å². The van der Waals surface area contributed by atoms with Crippen molar-refractivity contribution in [3.63, 3.8) is 0 Å². The van der Waals surface area contributed by atoms with Gasteiger partial charge in [0, 0.05) is 43.2 Å². The highest BCUT2D eigenvalue weighted by Crippen LogP contribution is 2.36. The summed E-state index contributed by atoms with van der Waals surface area (Å²) >= 11 is 1.41.